The van der Waals surface area contributed by atoms with E-state index in [9.17, 15) is 19.2 Å². The number of hydrogen-bond donors (Lipinski definition) is 2. The fraction of sp³-hybridized carbons (Fsp3) is 0.395. The van der Waals surface area contributed by atoms with Gasteiger partial charge in [-0.3, -0.25) is 34.4 Å². The van der Waals surface area contributed by atoms with Gasteiger partial charge in [-0.15, -0.1) is 0 Å². The maximum atomic E-state index is 13.1. The van der Waals surface area contributed by atoms with Gasteiger partial charge >= 0.3 is 0 Å². The molecule has 0 spiro atoms. The van der Waals surface area contributed by atoms with E-state index < -0.39 is 29.7 Å². The summed E-state index contributed by atoms with van der Waals surface area (Å²) in [5, 5.41) is 5.54. The van der Waals surface area contributed by atoms with Crippen LogP contribution in [0.25, 0.3) is 11.0 Å². The van der Waals surface area contributed by atoms with Crippen molar-refractivity contribution in [2.45, 2.75) is 69.3 Å². The number of carbonyl (C=O) groups is 4. The van der Waals surface area contributed by atoms with Crippen LogP contribution in [-0.2, 0) is 14.3 Å². The van der Waals surface area contributed by atoms with Gasteiger partial charge in [-0.25, -0.2) is 9.97 Å². The third-order valence-corrected chi connectivity index (χ3v) is 10.0. The molecule has 4 aromatic rings. The fourth-order valence-corrected chi connectivity index (χ4v) is 7.18. The summed E-state index contributed by atoms with van der Waals surface area (Å²) >= 11 is 0. The third kappa shape index (κ3) is 7.30. The van der Waals surface area contributed by atoms with Gasteiger partial charge in [0, 0.05) is 63.0 Å². The highest BCUT2D eigenvalue weighted by Crippen LogP contribution is 2.32. The predicted molar refractivity (Wildman–Crippen MR) is 188 cm³/mol. The molecule has 1 aromatic carbocycles. The van der Waals surface area contributed by atoms with Crippen molar-refractivity contribution in [3.05, 3.63) is 78.1 Å². The Morgan fingerprint density at radius 3 is 2.52 bits per heavy atom. The maximum Gasteiger partial charge on any atom is 0.262 e. The number of carbonyl (C=O) groups excluding carboxylic acids is 4. The van der Waals surface area contributed by atoms with E-state index in [0.717, 1.165) is 79.2 Å². The van der Waals surface area contributed by atoms with Gasteiger partial charge in [0.2, 0.25) is 17.7 Å². The Kier molecular flexibility index (Phi) is 9.48. The zero-order valence-electron chi connectivity index (χ0n) is 28.5. The highest BCUT2D eigenvalue weighted by Gasteiger charge is 2.44. The van der Waals surface area contributed by atoms with Gasteiger partial charge in [0.15, 0.2) is 0 Å². The highest BCUT2D eigenvalue weighted by atomic mass is 16.5. The number of rotatable bonds is 12. The standard InChI is InChI=1S/C38H39N7O7/c46-34-9-7-32(36(47)43-34)45-37(48)28-5-4-25(22-29(28)38(45)49)50-18-2-15-44-16-11-24(12-17-44)51-26-20-27(21-26)52-35-19-23(10-14-40-35)41-33-8-6-30-31(42-33)3-1-13-39-30/h1,3-6,8,10,13-14,19,22,24,26-27,32H,2,7,9,11-12,15-18,20-21H2,(H,40,41,42)(H,43,46,47)/t26-,27-,32?. The molecular weight excluding hydrogens is 666 g/mol. The maximum absolute atomic E-state index is 13.1. The lowest BCUT2D eigenvalue weighted by atomic mass is 9.91. The molecule has 4 aliphatic rings. The summed E-state index contributed by atoms with van der Waals surface area (Å²) in [4.78, 5) is 66.5. The third-order valence-electron chi connectivity index (χ3n) is 10.0. The van der Waals surface area contributed by atoms with Crippen LogP contribution in [0.5, 0.6) is 11.6 Å². The Labute approximate surface area is 299 Å². The number of fused-ring (bicyclic) bond motifs is 2. The molecule has 0 bridgehead atoms. The van der Waals surface area contributed by atoms with Gasteiger partial charge in [0.25, 0.3) is 11.8 Å². The number of benzene rings is 1. The molecule has 14 heteroatoms. The number of aromatic nitrogens is 3. The lowest BCUT2D eigenvalue weighted by molar-refractivity contribution is -0.136. The number of likely N-dealkylation sites (tertiary alicyclic amines) is 1. The number of ether oxygens (including phenoxy) is 3. The summed E-state index contributed by atoms with van der Waals surface area (Å²) < 4.78 is 18.5. The number of amides is 4. The molecule has 268 valence electrons. The quantitative estimate of drug-likeness (QED) is 0.161. The van der Waals surface area contributed by atoms with E-state index in [1.807, 2.05) is 36.4 Å². The average molecular weight is 706 g/mol. The second-order valence-corrected chi connectivity index (χ2v) is 13.6. The van der Waals surface area contributed by atoms with Crippen molar-refractivity contribution in [2.75, 3.05) is 31.6 Å². The molecule has 3 aromatic heterocycles. The number of imide groups is 2. The van der Waals surface area contributed by atoms with Crippen LogP contribution in [0.3, 0.4) is 0 Å². The number of nitrogens with zero attached hydrogens (tertiary/aromatic N) is 5. The zero-order valence-corrected chi connectivity index (χ0v) is 28.5. The SMILES string of the molecule is O=C1CCC(N2C(=O)c3ccc(OCCCN4CCC(O[C@H]5C[C@H](Oc6cc(Nc7ccc8ncccc8n7)ccn6)C5)CC4)cc3C2=O)C(=O)N1. The van der Waals surface area contributed by atoms with Gasteiger partial charge in [-0.1, -0.05) is 0 Å². The van der Waals surface area contributed by atoms with Crippen LogP contribution in [0, 0.1) is 0 Å². The molecule has 14 nitrogen and oxygen atoms in total. The lowest BCUT2D eigenvalue weighted by Crippen LogP contribution is -2.54. The molecule has 1 unspecified atom stereocenters. The van der Waals surface area contributed by atoms with Crippen molar-refractivity contribution in [1.29, 1.82) is 0 Å². The second-order valence-electron chi connectivity index (χ2n) is 13.6. The number of piperidine rings is 2. The zero-order chi connectivity index (χ0) is 35.6. The summed E-state index contributed by atoms with van der Waals surface area (Å²) in [6.07, 6.45) is 8.62. The van der Waals surface area contributed by atoms with Gasteiger partial charge in [0.05, 0.1) is 41.0 Å². The van der Waals surface area contributed by atoms with E-state index in [2.05, 4.69) is 30.5 Å². The summed E-state index contributed by atoms with van der Waals surface area (Å²) in [6.45, 7) is 3.25. The number of nitrogens with one attached hydrogen (secondary N) is 2. The fourth-order valence-electron chi connectivity index (χ4n) is 7.18. The predicted octanol–water partition coefficient (Wildman–Crippen LogP) is 4.03. The van der Waals surface area contributed by atoms with Crippen molar-refractivity contribution < 1.29 is 33.4 Å². The van der Waals surface area contributed by atoms with Gasteiger partial charge in [-0.05, 0) is 74.2 Å². The number of pyridine rings is 3. The van der Waals surface area contributed by atoms with Crippen LogP contribution in [-0.4, -0.2) is 99.0 Å². The Hall–Kier alpha value is -5.47. The summed E-state index contributed by atoms with van der Waals surface area (Å²) in [5.74, 6) is -0.301. The first-order valence-corrected chi connectivity index (χ1v) is 17.8. The van der Waals surface area contributed by atoms with Crippen molar-refractivity contribution in [2.24, 2.45) is 0 Å². The number of anilines is 2. The van der Waals surface area contributed by atoms with Crippen molar-refractivity contribution >= 4 is 46.2 Å². The molecule has 2 N–H and O–H groups in total. The van der Waals surface area contributed by atoms with Crippen LogP contribution in [0.4, 0.5) is 11.5 Å². The molecule has 1 atom stereocenters. The van der Waals surface area contributed by atoms with Crippen molar-refractivity contribution in [3.8, 4) is 11.6 Å². The molecule has 3 fully saturated rings. The van der Waals surface area contributed by atoms with E-state index in [4.69, 9.17) is 14.2 Å². The van der Waals surface area contributed by atoms with E-state index in [1.54, 1.807) is 30.6 Å². The van der Waals surface area contributed by atoms with E-state index in [0.29, 0.717) is 18.2 Å². The lowest BCUT2D eigenvalue weighted by Gasteiger charge is -2.39. The summed E-state index contributed by atoms with van der Waals surface area (Å²) in [7, 11) is 0. The van der Waals surface area contributed by atoms with Gasteiger partial charge in [-0.2, -0.15) is 0 Å². The van der Waals surface area contributed by atoms with E-state index >= 15 is 0 Å². The Bertz CT molecular complexity index is 2010. The van der Waals surface area contributed by atoms with Crippen LogP contribution >= 0.6 is 0 Å². The van der Waals surface area contributed by atoms with Crippen molar-refractivity contribution in [1.82, 2.24) is 30.1 Å². The largest absolute Gasteiger partial charge is 0.494 e. The molecule has 3 aliphatic heterocycles. The second kappa shape index (κ2) is 14.6. The summed E-state index contributed by atoms with van der Waals surface area (Å²) in [6, 6.07) is 15.2. The first kappa shape index (κ1) is 33.7. The van der Waals surface area contributed by atoms with Crippen LogP contribution < -0.4 is 20.1 Å². The van der Waals surface area contributed by atoms with Gasteiger partial charge in [0.1, 0.15) is 23.7 Å². The van der Waals surface area contributed by atoms with Crippen LogP contribution in [0.15, 0.2) is 67.0 Å². The minimum absolute atomic E-state index is 0.0752. The van der Waals surface area contributed by atoms with Crippen LogP contribution in [0.2, 0.25) is 0 Å². The first-order chi connectivity index (χ1) is 25.4. The molecular formula is C38H39N7O7. The monoisotopic (exact) mass is 705 g/mol. The van der Waals surface area contributed by atoms with Gasteiger partial charge < -0.3 is 24.4 Å². The minimum Gasteiger partial charge on any atom is -0.494 e. The average Bonchev–Trinajstić information content (AvgIpc) is 3.38. The Morgan fingerprint density at radius 1 is 0.827 bits per heavy atom. The molecule has 2 saturated heterocycles. The normalized spacial score (nSPS) is 22.2. The topological polar surface area (TPSA) is 165 Å². The molecule has 0 radical (unpaired) electrons. The minimum atomic E-state index is -0.989. The Morgan fingerprint density at radius 2 is 1.67 bits per heavy atom. The van der Waals surface area contributed by atoms with Crippen LogP contribution in [0.1, 0.15) is 65.7 Å². The smallest absolute Gasteiger partial charge is 0.262 e. The molecule has 6 heterocycles. The molecule has 1 aliphatic carbocycles. The highest BCUT2D eigenvalue weighted by molar-refractivity contribution is 6.23. The van der Waals surface area contributed by atoms with Crippen molar-refractivity contribution in [3.63, 3.8) is 0 Å². The number of hydrogen-bond acceptors (Lipinski definition) is 12. The van der Waals surface area contributed by atoms with E-state index in [-0.39, 0.29) is 42.3 Å². The molecule has 52 heavy (non-hydrogen) atoms. The molecule has 4 amide bonds. The van der Waals surface area contributed by atoms with E-state index in [1.165, 1.54) is 0 Å². The Balaban J connectivity index is 0.723. The first-order valence-electron chi connectivity index (χ1n) is 17.8. The molecule has 8 rings (SSSR count). The molecule has 1 saturated carbocycles. The summed E-state index contributed by atoms with van der Waals surface area (Å²) in [5.41, 5.74) is 2.97.